The van der Waals surface area contributed by atoms with Gasteiger partial charge in [0, 0.05) is 11.0 Å². The molecule has 0 N–H and O–H groups in total. The van der Waals surface area contributed by atoms with Crippen LogP contribution in [0.1, 0.15) is 76.8 Å². The first-order chi connectivity index (χ1) is 19.2. The molecule has 1 aromatic heterocycles. The molecule has 0 fully saturated rings. The molecule has 2 aliphatic carbocycles. The molecule has 204 valence electrons. The molecule has 3 nitrogen and oxygen atoms in total. The van der Waals surface area contributed by atoms with Crippen LogP contribution in [-0.2, 0) is 5.41 Å². The highest BCUT2D eigenvalue weighted by atomic mass is 16.5. The molecular weight excluding hydrogens is 490 g/mol. The van der Waals surface area contributed by atoms with Crippen LogP contribution in [0, 0.1) is 5.41 Å². The minimum absolute atomic E-state index is 0.0605. The first-order valence-electron chi connectivity index (χ1n) is 14.5. The molecule has 2 unspecified atom stereocenters. The van der Waals surface area contributed by atoms with Gasteiger partial charge in [0.2, 0.25) is 0 Å². The number of fused-ring (bicyclic) bond motifs is 3. The molecule has 0 amide bonds. The Morgan fingerprint density at radius 1 is 0.800 bits per heavy atom. The van der Waals surface area contributed by atoms with Gasteiger partial charge in [0.05, 0.1) is 22.7 Å². The summed E-state index contributed by atoms with van der Waals surface area (Å²) >= 11 is 0. The number of nitrogens with zero attached hydrogens (tertiary/aromatic N) is 1. The number of hydrogen-bond acceptors (Lipinski definition) is 3. The summed E-state index contributed by atoms with van der Waals surface area (Å²) in [7, 11) is 0. The molecule has 0 spiro atoms. The van der Waals surface area contributed by atoms with E-state index in [1.54, 1.807) is 0 Å². The zero-order valence-corrected chi connectivity index (χ0v) is 24.5. The van der Waals surface area contributed by atoms with Gasteiger partial charge in [-0.05, 0) is 97.7 Å². The summed E-state index contributed by atoms with van der Waals surface area (Å²) in [6, 6.07) is 28.3. The number of rotatable bonds is 6. The highest BCUT2D eigenvalue weighted by molar-refractivity contribution is 5.93. The molecule has 0 saturated heterocycles. The third-order valence-electron chi connectivity index (χ3n) is 8.49. The maximum absolute atomic E-state index is 6.37. The lowest BCUT2D eigenvalue weighted by Crippen LogP contribution is -2.31. The second-order valence-corrected chi connectivity index (χ2v) is 12.5. The Morgan fingerprint density at radius 2 is 1.43 bits per heavy atom. The van der Waals surface area contributed by atoms with Crippen molar-refractivity contribution < 1.29 is 9.47 Å². The molecule has 0 radical (unpaired) electrons. The Hall–Kier alpha value is -3.85. The Kier molecular flexibility index (Phi) is 6.57. The van der Waals surface area contributed by atoms with Crippen LogP contribution in [0.15, 0.2) is 96.6 Å². The molecule has 3 heteroatoms. The monoisotopic (exact) mass is 529 g/mol. The second-order valence-electron chi connectivity index (χ2n) is 12.5. The fourth-order valence-corrected chi connectivity index (χ4v) is 6.09. The lowest BCUT2D eigenvalue weighted by atomic mass is 9.65. The second kappa shape index (κ2) is 9.96. The summed E-state index contributed by atoms with van der Waals surface area (Å²) in [4.78, 5) is 5.27. The average Bonchev–Trinajstić information content (AvgIpc) is 3.22. The van der Waals surface area contributed by atoms with Crippen LogP contribution in [0.2, 0.25) is 0 Å². The first kappa shape index (κ1) is 26.4. The molecule has 3 aromatic carbocycles. The molecule has 0 saturated carbocycles. The minimum atomic E-state index is -0.447. The molecule has 2 atom stereocenters. The largest absolute Gasteiger partial charge is 0.491 e. The smallest absolute Gasteiger partial charge is 0.119 e. The average molecular weight is 530 g/mol. The van der Waals surface area contributed by atoms with Crippen molar-refractivity contribution in [3.63, 3.8) is 0 Å². The fraction of sp³-hybridized carbons (Fsp3) is 0.324. The predicted octanol–water partition coefficient (Wildman–Crippen LogP) is 9.29. The van der Waals surface area contributed by atoms with Gasteiger partial charge in [-0.1, -0.05) is 75.4 Å². The van der Waals surface area contributed by atoms with Crippen molar-refractivity contribution in [3.05, 3.63) is 119 Å². The Bertz CT molecular complexity index is 1600. The van der Waals surface area contributed by atoms with Crippen LogP contribution < -0.4 is 9.47 Å². The van der Waals surface area contributed by atoms with Gasteiger partial charge in [0.25, 0.3) is 0 Å². The lowest BCUT2D eigenvalue weighted by molar-refractivity contribution is 0.103. The van der Waals surface area contributed by atoms with Crippen molar-refractivity contribution in [2.45, 2.75) is 72.0 Å². The third-order valence-corrected chi connectivity index (χ3v) is 8.49. The number of pyridine rings is 1. The predicted molar refractivity (Wildman–Crippen MR) is 165 cm³/mol. The maximum atomic E-state index is 6.37. The maximum Gasteiger partial charge on any atom is 0.119 e. The number of aromatic nitrogens is 1. The van der Waals surface area contributed by atoms with Crippen LogP contribution in [0.4, 0.5) is 0 Å². The standard InChI is InChI=1S/C37H39NO2/c1-24(2)39-29-19-15-27(16-20-29)37(28-17-21-30(22-18-28)40-25(3)36(4,5)6)32-13-9-8-12-31(32)35-33(37)23-26-11-7-10-14-34(26)38-35/h7-8,10-12,14-25H,9,13H2,1-6H3. The van der Waals surface area contributed by atoms with Crippen molar-refractivity contribution >= 4 is 16.5 Å². The van der Waals surface area contributed by atoms with Crippen LogP contribution in [0.3, 0.4) is 0 Å². The van der Waals surface area contributed by atoms with Crippen molar-refractivity contribution in [2.24, 2.45) is 5.41 Å². The molecule has 0 bridgehead atoms. The van der Waals surface area contributed by atoms with E-state index in [9.17, 15) is 0 Å². The molecule has 4 aromatic rings. The van der Waals surface area contributed by atoms with E-state index in [0.717, 1.165) is 40.9 Å². The zero-order valence-electron chi connectivity index (χ0n) is 24.5. The van der Waals surface area contributed by atoms with E-state index in [4.69, 9.17) is 14.5 Å². The zero-order chi connectivity index (χ0) is 28.1. The van der Waals surface area contributed by atoms with E-state index in [1.165, 1.54) is 27.8 Å². The molecule has 40 heavy (non-hydrogen) atoms. The van der Waals surface area contributed by atoms with Gasteiger partial charge >= 0.3 is 0 Å². The molecular formula is C37H39NO2. The van der Waals surface area contributed by atoms with Crippen molar-refractivity contribution in [2.75, 3.05) is 0 Å². The van der Waals surface area contributed by atoms with Crippen molar-refractivity contribution in [1.29, 1.82) is 0 Å². The summed E-state index contributed by atoms with van der Waals surface area (Å²) in [5, 5.41) is 1.16. The molecule has 1 heterocycles. The number of ether oxygens (including phenoxy) is 2. The van der Waals surface area contributed by atoms with E-state index in [2.05, 4.69) is 133 Å². The molecule has 6 rings (SSSR count). The summed E-state index contributed by atoms with van der Waals surface area (Å²) < 4.78 is 12.4. The number of benzene rings is 3. The van der Waals surface area contributed by atoms with Gasteiger partial charge in [-0.2, -0.15) is 0 Å². The Morgan fingerprint density at radius 3 is 2.05 bits per heavy atom. The van der Waals surface area contributed by atoms with E-state index in [-0.39, 0.29) is 17.6 Å². The number of hydrogen-bond donors (Lipinski definition) is 0. The van der Waals surface area contributed by atoms with Crippen LogP contribution in [-0.4, -0.2) is 17.2 Å². The number of allylic oxidation sites excluding steroid dienone is 4. The van der Waals surface area contributed by atoms with Gasteiger partial charge in [-0.25, -0.2) is 4.98 Å². The molecule has 2 aliphatic rings. The quantitative estimate of drug-likeness (QED) is 0.249. The minimum Gasteiger partial charge on any atom is -0.491 e. The summed E-state index contributed by atoms with van der Waals surface area (Å²) in [6.07, 6.45) is 6.82. The SMILES string of the molecule is CC(C)Oc1ccc(C2(c3ccc(OC(C)C(C)(C)C)cc3)C3=C(C=CCC3)c3nc4ccccc4cc32)cc1. The van der Waals surface area contributed by atoms with Gasteiger partial charge < -0.3 is 9.47 Å². The van der Waals surface area contributed by atoms with Gasteiger partial charge in [0.15, 0.2) is 0 Å². The normalized spacial score (nSPS) is 19.1. The van der Waals surface area contributed by atoms with Gasteiger partial charge in [0.1, 0.15) is 17.6 Å². The summed E-state index contributed by atoms with van der Waals surface area (Å²) in [6.45, 7) is 12.9. The van der Waals surface area contributed by atoms with Crippen molar-refractivity contribution in [1.82, 2.24) is 4.98 Å². The fourth-order valence-electron chi connectivity index (χ4n) is 6.09. The van der Waals surface area contributed by atoms with E-state index in [0.29, 0.717) is 0 Å². The van der Waals surface area contributed by atoms with Crippen LogP contribution in [0.25, 0.3) is 16.5 Å². The highest BCUT2D eigenvalue weighted by Gasteiger charge is 2.48. The lowest BCUT2D eigenvalue weighted by Gasteiger charge is -2.36. The summed E-state index contributed by atoms with van der Waals surface area (Å²) in [5.74, 6) is 1.79. The van der Waals surface area contributed by atoms with E-state index >= 15 is 0 Å². The van der Waals surface area contributed by atoms with Crippen molar-refractivity contribution in [3.8, 4) is 11.5 Å². The Balaban J connectivity index is 1.58. The Labute approximate surface area is 238 Å². The third kappa shape index (κ3) is 4.42. The summed E-state index contributed by atoms with van der Waals surface area (Å²) in [5.41, 5.74) is 8.13. The number of para-hydroxylation sites is 1. The van der Waals surface area contributed by atoms with Gasteiger partial charge in [-0.15, -0.1) is 0 Å². The first-order valence-corrected chi connectivity index (χ1v) is 14.5. The van der Waals surface area contributed by atoms with Gasteiger partial charge in [-0.3, -0.25) is 0 Å². The van der Waals surface area contributed by atoms with E-state index in [1.807, 2.05) is 0 Å². The van der Waals surface area contributed by atoms with Crippen LogP contribution in [0.5, 0.6) is 11.5 Å². The highest BCUT2D eigenvalue weighted by Crippen LogP contribution is 2.57. The van der Waals surface area contributed by atoms with Crippen LogP contribution >= 0.6 is 0 Å². The van der Waals surface area contributed by atoms with E-state index < -0.39 is 5.41 Å². The molecule has 0 aliphatic heterocycles. The topological polar surface area (TPSA) is 31.4 Å².